The molecule has 0 spiro atoms. The zero-order valence-electron chi connectivity index (χ0n) is 22.4. The third-order valence-corrected chi connectivity index (χ3v) is 6.01. The Labute approximate surface area is 199 Å². The van der Waals surface area contributed by atoms with E-state index < -0.39 is 11.7 Å². The van der Waals surface area contributed by atoms with Crippen molar-refractivity contribution in [2.45, 2.75) is 131 Å². The topological polar surface area (TPSA) is 40.5 Å². The number of aliphatic hydroxyl groups is 2. The van der Waals surface area contributed by atoms with Crippen LogP contribution in [0.4, 0.5) is 0 Å². The molecule has 0 amide bonds. The first-order valence-corrected chi connectivity index (χ1v) is 12.6. The van der Waals surface area contributed by atoms with E-state index in [1.807, 2.05) is 0 Å². The van der Waals surface area contributed by atoms with Gasteiger partial charge in [0, 0.05) is 0 Å². The Kier molecular flexibility index (Phi) is 16.4. The lowest BCUT2D eigenvalue weighted by molar-refractivity contribution is -0.0689. The molecule has 0 heterocycles. The number of rotatable bonds is 16. The summed E-state index contributed by atoms with van der Waals surface area (Å²) in [7, 11) is 0. The summed E-state index contributed by atoms with van der Waals surface area (Å²) in [6.07, 6.45) is 20.0. The van der Waals surface area contributed by atoms with E-state index in [0.29, 0.717) is 12.8 Å². The maximum absolute atomic E-state index is 10.7. The summed E-state index contributed by atoms with van der Waals surface area (Å²) in [5.74, 6) is 0. The molecule has 2 N–H and O–H groups in total. The molecule has 0 aliphatic rings. The van der Waals surface area contributed by atoms with E-state index in [4.69, 9.17) is 0 Å². The normalized spacial score (nSPS) is 15.9. The van der Waals surface area contributed by atoms with Crippen LogP contribution in [0.2, 0.25) is 0 Å². The van der Waals surface area contributed by atoms with E-state index in [1.54, 1.807) is 6.92 Å². The van der Waals surface area contributed by atoms with Crippen molar-refractivity contribution in [2.24, 2.45) is 0 Å². The van der Waals surface area contributed by atoms with E-state index >= 15 is 0 Å². The molecule has 0 aromatic carbocycles. The van der Waals surface area contributed by atoms with E-state index in [-0.39, 0.29) is 0 Å². The summed E-state index contributed by atoms with van der Waals surface area (Å²) in [6.45, 7) is 16.9. The Hall–Kier alpha value is -1.38. The maximum atomic E-state index is 10.7. The van der Waals surface area contributed by atoms with Gasteiger partial charge in [0.1, 0.15) is 0 Å². The van der Waals surface area contributed by atoms with Crippen LogP contribution >= 0.6 is 0 Å². The van der Waals surface area contributed by atoms with E-state index in [2.05, 4.69) is 78.8 Å². The van der Waals surface area contributed by atoms with Crippen LogP contribution in [0.15, 0.2) is 58.2 Å². The minimum absolute atomic E-state index is 0.591. The van der Waals surface area contributed by atoms with Gasteiger partial charge in [0.25, 0.3) is 0 Å². The molecule has 0 radical (unpaired) electrons. The molecular formula is C30H52O2. The second kappa shape index (κ2) is 17.1. The SMILES string of the molecule is CC(C)=CCCC(C)=CCCC(C)=CCCC(O)C(C)(O)CCC=C(C)CCC=C(C)C. The first-order chi connectivity index (χ1) is 14.9. The van der Waals surface area contributed by atoms with Crippen LogP contribution in [-0.4, -0.2) is 21.9 Å². The number of hydrogen-bond acceptors (Lipinski definition) is 2. The van der Waals surface area contributed by atoms with Gasteiger partial charge in [0.2, 0.25) is 0 Å². The molecule has 0 saturated heterocycles. The Morgan fingerprint density at radius 1 is 0.625 bits per heavy atom. The Morgan fingerprint density at radius 3 is 1.44 bits per heavy atom. The fourth-order valence-electron chi connectivity index (χ4n) is 3.61. The van der Waals surface area contributed by atoms with Gasteiger partial charge in [-0.05, 0) is 120 Å². The minimum Gasteiger partial charge on any atom is -0.390 e. The van der Waals surface area contributed by atoms with E-state index in [1.165, 1.54) is 27.9 Å². The van der Waals surface area contributed by atoms with E-state index in [0.717, 1.165) is 51.4 Å². The molecule has 0 aliphatic carbocycles. The van der Waals surface area contributed by atoms with Gasteiger partial charge in [-0.3, -0.25) is 0 Å². The predicted molar refractivity (Wildman–Crippen MR) is 143 cm³/mol. The van der Waals surface area contributed by atoms with Crippen molar-refractivity contribution < 1.29 is 10.2 Å². The molecule has 0 fully saturated rings. The molecule has 0 aliphatic heterocycles. The van der Waals surface area contributed by atoms with Gasteiger partial charge in [-0.1, -0.05) is 58.2 Å². The highest BCUT2D eigenvalue weighted by Gasteiger charge is 2.28. The second-order valence-electron chi connectivity index (χ2n) is 10.3. The molecular weight excluding hydrogens is 392 g/mol. The summed E-state index contributed by atoms with van der Waals surface area (Å²) in [4.78, 5) is 0. The lowest BCUT2D eigenvalue weighted by atomic mass is 9.89. The highest BCUT2D eigenvalue weighted by molar-refractivity contribution is 5.06. The summed E-state index contributed by atoms with van der Waals surface area (Å²) >= 11 is 0. The van der Waals surface area contributed by atoms with Crippen molar-refractivity contribution in [2.75, 3.05) is 0 Å². The highest BCUT2D eigenvalue weighted by Crippen LogP contribution is 2.22. The van der Waals surface area contributed by atoms with Crippen LogP contribution in [0.25, 0.3) is 0 Å². The van der Waals surface area contributed by atoms with Gasteiger partial charge in [-0.25, -0.2) is 0 Å². The first kappa shape index (κ1) is 30.6. The van der Waals surface area contributed by atoms with Crippen LogP contribution in [-0.2, 0) is 0 Å². The summed E-state index contributed by atoms with van der Waals surface area (Å²) in [5.41, 5.74) is 5.88. The summed E-state index contributed by atoms with van der Waals surface area (Å²) in [5, 5.41) is 21.2. The number of hydrogen-bond donors (Lipinski definition) is 2. The monoisotopic (exact) mass is 444 g/mol. The number of aliphatic hydroxyl groups excluding tert-OH is 1. The first-order valence-electron chi connectivity index (χ1n) is 12.6. The predicted octanol–water partition coefficient (Wildman–Crippen LogP) is 8.77. The molecule has 0 rings (SSSR count). The molecule has 2 atom stereocenters. The quantitative estimate of drug-likeness (QED) is 0.233. The molecule has 2 unspecified atom stereocenters. The molecule has 0 bridgehead atoms. The van der Waals surface area contributed by atoms with Crippen LogP contribution in [0.3, 0.4) is 0 Å². The molecule has 0 aromatic rings. The lowest BCUT2D eigenvalue weighted by Crippen LogP contribution is -2.39. The molecule has 0 aromatic heterocycles. The zero-order chi connectivity index (χ0) is 24.6. The van der Waals surface area contributed by atoms with Crippen LogP contribution < -0.4 is 0 Å². The fraction of sp³-hybridized carbons (Fsp3) is 0.667. The average Bonchev–Trinajstić information content (AvgIpc) is 2.67. The van der Waals surface area contributed by atoms with Crippen molar-refractivity contribution >= 4 is 0 Å². The third-order valence-electron chi connectivity index (χ3n) is 6.01. The van der Waals surface area contributed by atoms with Crippen molar-refractivity contribution in [1.82, 2.24) is 0 Å². The second-order valence-corrected chi connectivity index (χ2v) is 10.3. The van der Waals surface area contributed by atoms with Crippen molar-refractivity contribution in [3.63, 3.8) is 0 Å². The maximum Gasteiger partial charge on any atom is 0.0880 e. The van der Waals surface area contributed by atoms with Crippen LogP contribution in [0, 0.1) is 0 Å². The van der Waals surface area contributed by atoms with Gasteiger partial charge in [0.15, 0.2) is 0 Å². The Bertz CT molecular complexity index is 663. The van der Waals surface area contributed by atoms with E-state index in [9.17, 15) is 10.2 Å². The standard InChI is InChI=1S/C30H52O2/c1-24(2)14-9-16-26(5)18-11-19-27(6)20-12-22-29(31)30(8,32)23-13-21-28(7)17-10-15-25(3)4/h14-15,18,20-21,29,31-32H,9-13,16-17,19,22-23H2,1-8H3. The molecule has 32 heavy (non-hydrogen) atoms. The fourth-order valence-corrected chi connectivity index (χ4v) is 3.61. The number of allylic oxidation sites excluding steroid dienone is 10. The van der Waals surface area contributed by atoms with Crippen molar-refractivity contribution in [3.05, 3.63) is 58.2 Å². The minimum atomic E-state index is -1.04. The zero-order valence-corrected chi connectivity index (χ0v) is 22.4. The van der Waals surface area contributed by atoms with Crippen LogP contribution in [0.5, 0.6) is 0 Å². The average molecular weight is 445 g/mol. The molecule has 184 valence electrons. The van der Waals surface area contributed by atoms with Crippen LogP contribution in [0.1, 0.15) is 120 Å². The third kappa shape index (κ3) is 17.2. The Morgan fingerprint density at radius 2 is 1.00 bits per heavy atom. The Balaban J connectivity index is 4.29. The lowest BCUT2D eigenvalue weighted by Gasteiger charge is -2.28. The van der Waals surface area contributed by atoms with Gasteiger partial charge < -0.3 is 10.2 Å². The van der Waals surface area contributed by atoms with Gasteiger partial charge in [-0.2, -0.15) is 0 Å². The largest absolute Gasteiger partial charge is 0.390 e. The van der Waals surface area contributed by atoms with Gasteiger partial charge in [0.05, 0.1) is 11.7 Å². The summed E-state index contributed by atoms with van der Waals surface area (Å²) < 4.78 is 0. The molecule has 2 heteroatoms. The smallest absolute Gasteiger partial charge is 0.0880 e. The highest BCUT2D eigenvalue weighted by atomic mass is 16.3. The van der Waals surface area contributed by atoms with Crippen molar-refractivity contribution in [3.8, 4) is 0 Å². The summed E-state index contributed by atoms with van der Waals surface area (Å²) in [6, 6.07) is 0. The van der Waals surface area contributed by atoms with Gasteiger partial charge >= 0.3 is 0 Å². The van der Waals surface area contributed by atoms with Crippen molar-refractivity contribution in [1.29, 1.82) is 0 Å². The molecule has 0 saturated carbocycles. The van der Waals surface area contributed by atoms with Gasteiger partial charge in [-0.15, -0.1) is 0 Å². The molecule has 2 nitrogen and oxygen atoms in total.